The second-order valence-corrected chi connectivity index (χ2v) is 7.77. The normalized spacial score (nSPS) is 15.4. The fraction of sp³-hybridized carbons (Fsp3) is 0.579. The zero-order chi connectivity index (χ0) is 22.0. The fourth-order valence-electron chi connectivity index (χ4n) is 3.04. The molecule has 1 aliphatic carbocycles. The highest BCUT2D eigenvalue weighted by Crippen LogP contribution is 2.52. The highest BCUT2D eigenvalue weighted by Gasteiger charge is 2.52. The third kappa shape index (κ3) is 5.51. The second-order valence-electron chi connectivity index (χ2n) is 7.77. The molecule has 0 spiro atoms. The summed E-state index contributed by atoms with van der Waals surface area (Å²) >= 11 is 0. The van der Waals surface area contributed by atoms with Crippen LogP contribution in [0, 0.1) is 5.82 Å². The van der Waals surface area contributed by atoms with Crippen LogP contribution in [0.1, 0.15) is 44.7 Å². The van der Waals surface area contributed by atoms with Crippen LogP contribution in [0.3, 0.4) is 0 Å². The van der Waals surface area contributed by atoms with Gasteiger partial charge in [-0.15, -0.1) is 0 Å². The minimum Gasteiger partial charge on any atom is -0.453 e. The molecule has 1 aromatic rings. The number of alkyl carbamates (subject to hydrolysis) is 1. The molecule has 29 heavy (non-hydrogen) atoms. The first-order valence-electron chi connectivity index (χ1n) is 9.00. The van der Waals surface area contributed by atoms with E-state index in [0.29, 0.717) is 12.8 Å². The molecule has 162 valence electrons. The molecule has 1 aromatic carbocycles. The summed E-state index contributed by atoms with van der Waals surface area (Å²) in [5.41, 5.74) is -2.98. The number of carbonyl (C=O) groups is 2. The first-order valence-corrected chi connectivity index (χ1v) is 9.00. The molecule has 1 saturated carbocycles. The Morgan fingerprint density at radius 1 is 1.21 bits per heavy atom. The van der Waals surface area contributed by atoms with Crippen molar-refractivity contribution >= 4 is 12.2 Å². The van der Waals surface area contributed by atoms with Gasteiger partial charge in [0.2, 0.25) is 0 Å². The van der Waals surface area contributed by atoms with Gasteiger partial charge in [0.1, 0.15) is 11.4 Å². The molecule has 0 radical (unpaired) electrons. The number of hydrogen-bond acceptors (Lipinski definition) is 4. The molecule has 0 aromatic heterocycles. The molecule has 0 unspecified atom stereocenters. The van der Waals surface area contributed by atoms with E-state index < -0.39 is 40.9 Å². The number of alkyl halides is 3. The summed E-state index contributed by atoms with van der Waals surface area (Å²) in [6.45, 7) is 5.06. The number of methoxy groups -OCH3 is 1. The van der Waals surface area contributed by atoms with Crippen molar-refractivity contribution in [3.05, 3.63) is 35.1 Å². The van der Waals surface area contributed by atoms with Gasteiger partial charge in [-0.2, -0.15) is 13.2 Å². The number of ether oxygens (including phenoxy) is 2. The van der Waals surface area contributed by atoms with Crippen LogP contribution in [-0.4, -0.2) is 42.9 Å². The summed E-state index contributed by atoms with van der Waals surface area (Å²) in [5, 5.41) is 2.49. The van der Waals surface area contributed by atoms with Crippen LogP contribution < -0.4 is 5.32 Å². The molecule has 1 aliphatic rings. The highest BCUT2D eigenvalue weighted by atomic mass is 19.4. The van der Waals surface area contributed by atoms with Crippen molar-refractivity contribution in [3.63, 3.8) is 0 Å². The number of nitrogens with zero attached hydrogens (tertiary/aromatic N) is 1. The number of carbonyl (C=O) groups excluding carboxylic acids is 2. The van der Waals surface area contributed by atoms with Crippen LogP contribution in [0.2, 0.25) is 0 Å². The summed E-state index contributed by atoms with van der Waals surface area (Å²) in [4.78, 5) is 25.3. The molecule has 6 nitrogen and oxygen atoms in total. The molecule has 10 heteroatoms. The average Bonchev–Trinajstić information content (AvgIpc) is 3.37. The van der Waals surface area contributed by atoms with Crippen LogP contribution in [-0.2, 0) is 21.2 Å². The predicted octanol–water partition coefficient (Wildman–Crippen LogP) is 4.43. The quantitative estimate of drug-likeness (QED) is 0.716. The first-order chi connectivity index (χ1) is 13.3. The molecule has 1 fully saturated rings. The molecule has 2 amide bonds. The molecule has 0 saturated heterocycles. The van der Waals surface area contributed by atoms with Crippen LogP contribution in [0.5, 0.6) is 0 Å². The summed E-state index contributed by atoms with van der Waals surface area (Å²) in [6.07, 6.45) is -5.53. The van der Waals surface area contributed by atoms with Crippen molar-refractivity contribution in [2.75, 3.05) is 20.2 Å². The standard InChI is InChI=1S/C19H24F4N2O4/c1-17(2,3)29-15(26)24-9-10-25(16(27)28-4)18(7-8-18)12-5-6-14(20)13(11-12)19(21,22)23/h5-6,11H,7-10H2,1-4H3,(H,24,26). The van der Waals surface area contributed by atoms with Gasteiger partial charge in [0.15, 0.2) is 0 Å². The van der Waals surface area contributed by atoms with E-state index in [0.717, 1.165) is 19.2 Å². The van der Waals surface area contributed by atoms with Crippen molar-refractivity contribution < 1.29 is 36.6 Å². The molecule has 0 bridgehead atoms. The Hall–Kier alpha value is -2.52. The van der Waals surface area contributed by atoms with Gasteiger partial charge >= 0.3 is 18.4 Å². The molecular formula is C19H24F4N2O4. The molecular weight excluding hydrogens is 396 g/mol. The van der Waals surface area contributed by atoms with Gasteiger partial charge in [0, 0.05) is 13.1 Å². The van der Waals surface area contributed by atoms with Gasteiger partial charge in [0.05, 0.1) is 18.2 Å². The molecule has 0 aliphatic heterocycles. The van der Waals surface area contributed by atoms with Crippen molar-refractivity contribution in [1.82, 2.24) is 10.2 Å². The smallest absolute Gasteiger partial charge is 0.419 e. The number of rotatable bonds is 5. The van der Waals surface area contributed by atoms with Crippen LogP contribution in [0.25, 0.3) is 0 Å². The van der Waals surface area contributed by atoms with Crippen molar-refractivity contribution in [1.29, 1.82) is 0 Å². The third-order valence-electron chi connectivity index (χ3n) is 4.45. The minimum absolute atomic E-state index is 0.000907. The van der Waals surface area contributed by atoms with Gasteiger partial charge in [0.25, 0.3) is 0 Å². The lowest BCUT2D eigenvalue weighted by atomic mass is 9.99. The Bertz CT molecular complexity index is 770. The van der Waals surface area contributed by atoms with Gasteiger partial charge in [-0.25, -0.2) is 14.0 Å². The average molecular weight is 420 g/mol. The van der Waals surface area contributed by atoms with E-state index in [-0.39, 0.29) is 18.7 Å². The van der Waals surface area contributed by atoms with Crippen molar-refractivity contribution in [2.24, 2.45) is 0 Å². The van der Waals surface area contributed by atoms with E-state index >= 15 is 0 Å². The Labute approximate surface area is 166 Å². The van der Waals surface area contributed by atoms with Crippen molar-refractivity contribution in [2.45, 2.75) is 50.9 Å². The van der Waals surface area contributed by atoms with E-state index in [9.17, 15) is 27.2 Å². The van der Waals surface area contributed by atoms with E-state index in [1.807, 2.05) is 0 Å². The fourth-order valence-corrected chi connectivity index (χ4v) is 3.04. The largest absolute Gasteiger partial charge is 0.453 e. The van der Waals surface area contributed by atoms with Gasteiger partial charge in [-0.1, -0.05) is 6.07 Å². The van der Waals surface area contributed by atoms with Crippen LogP contribution >= 0.6 is 0 Å². The van der Waals surface area contributed by atoms with Crippen LogP contribution in [0.15, 0.2) is 18.2 Å². The SMILES string of the molecule is COC(=O)N(CCNC(=O)OC(C)(C)C)C1(c2ccc(F)c(C(F)(F)F)c2)CC1. The number of amides is 2. The highest BCUT2D eigenvalue weighted by molar-refractivity contribution is 5.70. The van der Waals surface area contributed by atoms with Crippen molar-refractivity contribution in [3.8, 4) is 0 Å². The number of benzene rings is 1. The lowest BCUT2D eigenvalue weighted by molar-refractivity contribution is -0.140. The topological polar surface area (TPSA) is 67.9 Å². The molecule has 0 atom stereocenters. The summed E-state index contributed by atoms with van der Waals surface area (Å²) in [7, 11) is 1.15. The lowest BCUT2D eigenvalue weighted by Gasteiger charge is -2.32. The minimum atomic E-state index is -4.86. The number of nitrogens with one attached hydrogen (secondary N) is 1. The van der Waals surface area contributed by atoms with Gasteiger partial charge in [-0.3, -0.25) is 4.90 Å². The maximum Gasteiger partial charge on any atom is 0.419 e. The predicted molar refractivity (Wildman–Crippen MR) is 95.7 cm³/mol. The Morgan fingerprint density at radius 3 is 2.31 bits per heavy atom. The van der Waals surface area contributed by atoms with E-state index in [4.69, 9.17) is 9.47 Å². The zero-order valence-electron chi connectivity index (χ0n) is 16.7. The Morgan fingerprint density at radius 2 is 1.83 bits per heavy atom. The summed E-state index contributed by atoms with van der Waals surface area (Å²) in [5.74, 6) is -1.38. The summed E-state index contributed by atoms with van der Waals surface area (Å²) in [6, 6.07) is 2.70. The molecule has 2 rings (SSSR count). The van der Waals surface area contributed by atoms with E-state index in [2.05, 4.69) is 5.32 Å². The zero-order valence-corrected chi connectivity index (χ0v) is 16.7. The summed E-state index contributed by atoms with van der Waals surface area (Å²) < 4.78 is 62.8. The molecule has 1 N–H and O–H groups in total. The lowest BCUT2D eigenvalue weighted by Crippen LogP contribution is -2.45. The van der Waals surface area contributed by atoms with Gasteiger partial charge in [-0.05, 0) is 51.3 Å². The Balaban J connectivity index is 2.20. The number of halogens is 4. The van der Waals surface area contributed by atoms with Crippen LogP contribution in [0.4, 0.5) is 27.2 Å². The third-order valence-corrected chi connectivity index (χ3v) is 4.45. The Kier molecular flexibility index (Phi) is 6.34. The van der Waals surface area contributed by atoms with E-state index in [1.54, 1.807) is 20.8 Å². The monoisotopic (exact) mass is 420 g/mol. The maximum atomic E-state index is 13.6. The maximum absolute atomic E-state index is 13.6. The van der Waals surface area contributed by atoms with Gasteiger partial charge < -0.3 is 14.8 Å². The molecule has 0 heterocycles. The second kappa shape index (κ2) is 8.08. The number of hydrogen-bond donors (Lipinski definition) is 1. The van der Waals surface area contributed by atoms with E-state index in [1.165, 1.54) is 11.0 Å². The first kappa shape index (κ1) is 22.8.